The van der Waals surface area contributed by atoms with E-state index >= 15 is 0 Å². The molecule has 7 heteroatoms. The van der Waals surface area contributed by atoms with Crippen molar-refractivity contribution in [1.82, 2.24) is 0 Å². The Bertz CT molecular complexity index is 1680. The Hall–Kier alpha value is -3.90. The van der Waals surface area contributed by atoms with Crippen LogP contribution >= 0.6 is 23.5 Å². The first-order valence-electron chi connectivity index (χ1n) is 15.4. The third-order valence-electron chi connectivity index (χ3n) is 8.10. The SMILES string of the molecule is COc1ccc(-c2cccc(-c3ccc(OC)cc3)c2S[CH]([BiH2])Sc2c(-c3ccc(OC)cc3)cccc2-c2ccc(OC)cc2)cc1. The molecule has 6 aromatic carbocycles. The fourth-order valence-electron chi connectivity index (χ4n) is 5.58. The molecule has 0 heterocycles. The molecule has 0 unspecified atom stereocenters. The van der Waals surface area contributed by atoms with Crippen molar-refractivity contribution in [3.63, 3.8) is 0 Å². The van der Waals surface area contributed by atoms with Gasteiger partial charge in [0.1, 0.15) is 0 Å². The van der Waals surface area contributed by atoms with Gasteiger partial charge in [0.2, 0.25) is 0 Å². The molecule has 0 amide bonds. The third kappa shape index (κ3) is 7.70. The standard InChI is InChI=1S/C41H35O4S2.Bi.2H/c1-42-32-19-11-28(12-20-32)36-7-5-8-37(29-13-21-33(43-2)22-14-29)40(36)46-27-47-41-38(30-15-23-34(44-3)24-16-30)9-6-10-39(41)31-17-25-35(45-4)26-18-31;;;/h5-27H,1-4H3;;;. The molecule has 0 aliphatic rings. The van der Waals surface area contributed by atoms with Gasteiger partial charge >= 0.3 is 309 Å². The van der Waals surface area contributed by atoms with Crippen LogP contribution in [0.1, 0.15) is 0 Å². The zero-order valence-electron chi connectivity index (χ0n) is 27.3. The Balaban J connectivity index is 1.44. The molecular weight excluding hydrogens is 830 g/mol. The number of thioether (sulfide) groups is 2. The van der Waals surface area contributed by atoms with Gasteiger partial charge in [0.15, 0.2) is 0 Å². The van der Waals surface area contributed by atoms with Gasteiger partial charge in [0.05, 0.1) is 0 Å². The van der Waals surface area contributed by atoms with E-state index in [1.807, 2.05) is 72.1 Å². The van der Waals surface area contributed by atoms with Crippen LogP contribution in [0.4, 0.5) is 0 Å². The van der Waals surface area contributed by atoms with Gasteiger partial charge in [-0.15, -0.1) is 0 Å². The van der Waals surface area contributed by atoms with E-state index in [1.54, 1.807) is 28.4 Å². The molecule has 6 rings (SSSR count). The summed E-state index contributed by atoms with van der Waals surface area (Å²) >= 11 is 4.58. The topological polar surface area (TPSA) is 36.9 Å². The summed E-state index contributed by atoms with van der Waals surface area (Å²) in [7, 11) is 6.81. The molecule has 0 radical (unpaired) electrons. The summed E-state index contributed by atoms with van der Waals surface area (Å²) in [6.45, 7) is 0. The number of hydrogen-bond donors (Lipinski definition) is 0. The number of rotatable bonds is 12. The van der Waals surface area contributed by atoms with Crippen LogP contribution in [-0.4, -0.2) is 55.4 Å². The predicted molar refractivity (Wildman–Crippen MR) is 205 cm³/mol. The zero-order valence-corrected chi connectivity index (χ0v) is 33.4. The summed E-state index contributed by atoms with van der Waals surface area (Å²) in [6.07, 6.45) is 0. The van der Waals surface area contributed by atoms with E-state index in [2.05, 4.69) is 84.9 Å². The number of hydrogen-bond acceptors (Lipinski definition) is 6. The Morgan fingerprint density at radius 3 is 0.812 bits per heavy atom. The van der Waals surface area contributed by atoms with Gasteiger partial charge in [-0.2, -0.15) is 0 Å². The van der Waals surface area contributed by atoms with Gasteiger partial charge in [0, 0.05) is 0 Å². The van der Waals surface area contributed by atoms with Crippen LogP contribution in [0.3, 0.4) is 0 Å². The van der Waals surface area contributed by atoms with Crippen molar-refractivity contribution in [3.05, 3.63) is 133 Å². The fraction of sp³-hybridized carbons (Fsp3) is 0.122. The average Bonchev–Trinajstić information content (AvgIpc) is 3.15. The van der Waals surface area contributed by atoms with Crippen molar-refractivity contribution >= 4 is 48.2 Å². The van der Waals surface area contributed by atoms with Gasteiger partial charge in [-0.05, 0) is 0 Å². The van der Waals surface area contributed by atoms with Crippen molar-refractivity contribution in [2.75, 3.05) is 28.4 Å². The summed E-state index contributed by atoms with van der Waals surface area (Å²) in [6, 6.07) is 46.7. The first-order valence-corrected chi connectivity index (χ1v) is 19.8. The Morgan fingerprint density at radius 1 is 0.375 bits per heavy atom. The van der Waals surface area contributed by atoms with Crippen LogP contribution in [0.15, 0.2) is 143 Å². The van der Waals surface area contributed by atoms with Crippen LogP contribution in [-0.2, 0) is 0 Å². The van der Waals surface area contributed by atoms with Gasteiger partial charge in [0.25, 0.3) is 0 Å². The minimum atomic E-state index is 0.317. The van der Waals surface area contributed by atoms with Crippen molar-refractivity contribution < 1.29 is 18.9 Å². The molecule has 0 aliphatic carbocycles. The first kappa shape index (κ1) is 34.0. The zero-order chi connectivity index (χ0) is 33.5. The van der Waals surface area contributed by atoms with Gasteiger partial charge < -0.3 is 0 Å². The molecule has 0 bridgehead atoms. The third-order valence-corrected chi connectivity index (χ3v) is 13.7. The fourth-order valence-corrected chi connectivity index (χ4v) is 11.2. The molecule has 0 spiro atoms. The quantitative estimate of drug-likeness (QED) is 0.0693. The monoisotopic (exact) mass is 866 g/mol. The summed E-state index contributed by atoms with van der Waals surface area (Å²) < 4.78 is 22.2. The summed E-state index contributed by atoms with van der Waals surface area (Å²) in [5.41, 5.74) is 9.48. The van der Waals surface area contributed by atoms with Crippen LogP contribution in [0.25, 0.3) is 44.5 Å². The normalized spacial score (nSPS) is 11.0. The molecule has 4 nitrogen and oxygen atoms in total. The Labute approximate surface area is 306 Å². The van der Waals surface area contributed by atoms with E-state index in [-0.39, 0.29) is 0 Å². The molecule has 6 aromatic rings. The molecule has 48 heavy (non-hydrogen) atoms. The van der Waals surface area contributed by atoms with Gasteiger partial charge in [-0.25, -0.2) is 0 Å². The van der Waals surface area contributed by atoms with E-state index in [1.165, 1.54) is 32.0 Å². The van der Waals surface area contributed by atoms with Crippen LogP contribution in [0.5, 0.6) is 23.0 Å². The number of ether oxygens (including phenoxy) is 4. The molecule has 0 aromatic heterocycles. The van der Waals surface area contributed by atoms with Crippen LogP contribution < -0.4 is 18.9 Å². The molecule has 0 saturated carbocycles. The second kappa shape index (κ2) is 16.0. The van der Waals surface area contributed by atoms with E-state index in [0.717, 1.165) is 45.3 Å². The molecule has 242 valence electrons. The summed E-state index contributed by atoms with van der Waals surface area (Å²) in [5, 5.41) is 0. The molecular formula is C41H37BiO4S2. The van der Waals surface area contributed by atoms with Crippen molar-refractivity contribution in [1.29, 1.82) is 0 Å². The number of benzene rings is 6. The Kier molecular flexibility index (Phi) is 11.3. The minimum absolute atomic E-state index is 0.317. The van der Waals surface area contributed by atoms with Gasteiger partial charge in [-0.3, -0.25) is 0 Å². The van der Waals surface area contributed by atoms with Crippen molar-refractivity contribution in [2.45, 2.75) is 12.1 Å². The van der Waals surface area contributed by atoms with Crippen LogP contribution in [0.2, 0.25) is 0 Å². The Morgan fingerprint density at radius 2 is 0.604 bits per heavy atom. The van der Waals surface area contributed by atoms with Gasteiger partial charge in [-0.1, -0.05) is 0 Å². The average molecular weight is 867 g/mol. The predicted octanol–water partition coefficient (Wildman–Crippen LogP) is 10.2. The maximum absolute atomic E-state index is 5.47. The van der Waals surface area contributed by atoms with E-state index < -0.39 is 0 Å². The molecule has 0 fully saturated rings. The number of methoxy groups -OCH3 is 4. The van der Waals surface area contributed by atoms with Crippen molar-refractivity contribution in [2.24, 2.45) is 0 Å². The second-order valence-corrected chi connectivity index (χ2v) is 19.8. The molecule has 0 N–H and O–H groups in total. The van der Waals surface area contributed by atoms with E-state index in [9.17, 15) is 0 Å². The maximum atomic E-state index is 5.47. The van der Waals surface area contributed by atoms with Crippen LogP contribution in [0, 0.1) is 0 Å². The van der Waals surface area contributed by atoms with E-state index in [0.29, 0.717) is 27.0 Å². The van der Waals surface area contributed by atoms with Crippen molar-refractivity contribution in [3.8, 4) is 67.5 Å². The molecule has 0 aliphatic heterocycles. The molecule has 0 saturated heterocycles. The summed E-state index contributed by atoms with van der Waals surface area (Å²) in [5.74, 6) is 3.38. The molecule has 0 atom stereocenters. The first-order chi connectivity index (χ1) is 23.5. The van der Waals surface area contributed by atoms with E-state index in [4.69, 9.17) is 18.9 Å². The second-order valence-electron chi connectivity index (χ2n) is 10.9. The summed E-state index contributed by atoms with van der Waals surface area (Å²) in [4.78, 5) is 2.53.